The topological polar surface area (TPSA) is 61.8 Å². The summed E-state index contributed by atoms with van der Waals surface area (Å²) >= 11 is 0. The molecule has 17 heavy (non-hydrogen) atoms. The van der Waals surface area contributed by atoms with Gasteiger partial charge in [-0.15, -0.1) is 0 Å². The minimum absolute atomic E-state index is 0.0456. The average molecular weight is 251 g/mol. The van der Waals surface area contributed by atoms with Crippen LogP contribution in [0, 0.1) is 0 Å². The lowest BCUT2D eigenvalue weighted by atomic mass is 10.1. The monoisotopic (exact) mass is 251 g/mol. The highest BCUT2D eigenvalue weighted by Gasteiger charge is 2.34. The highest BCUT2D eigenvalue weighted by Crippen LogP contribution is 2.17. The quantitative estimate of drug-likeness (QED) is 0.801. The Hall–Kier alpha value is -1.60. The smallest absolute Gasteiger partial charge is 0.329 e. The van der Waals surface area contributed by atoms with E-state index in [2.05, 4.69) is 10.5 Å². The second-order valence-electron chi connectivity index (χ2n) is 3.53. The minimum Gasteiger partial charge on any atom is -0.329 e. The molecule has 1 heterocycles. The van der Waals surface area contributed by atoms with E-state index in [1.165, 1.54) is 6.92 Å². The van der Waals surface area contributed by atoms with E-state index >= 15 is 0 Å². The fourth-order valence-corrected chi connectivity index (χ4v) is 1.35. The Morgan fingerprint density at radius 2 is 2.12 bits per heavy atom. The van der Waals surface area contributed by atoms with Crippen LogP contribution in [-0.4, -0.2) is 41.7 Å². The van der Waals surface area contributed by atoms with Crippen LogP contribution in [0.25, 0.3) is 0 Å². The molecule has 8 heteroatoms. The molecule has 96 valence electrons. The molecule has 0 unspecified atom stereocenters. The molecular formula is C9H12F3N3O2. The van der Waals surface area contributed by atoms with Crippen LogP contribution in [0.15, 0.2) is 5.10 Å². The number of hydrogen-bond donors (Lipinski definition) is 1. The van der Waals surface area contributed by atoms with Crippen molar-refractivity contribution in [1.82, 2.24) is 10.3 Å². The van der Waals surface area contributed by atoms with E-state index in [-0.39, 0.29) is 31.0 Å². The standard InChI is InChI=1S/C9H12F3N3O2/c1-2-15(5-9(10,11)12)8(17)6-3-4-7(16)14-13-6/h2-5H2,1H3,(H,14,16). The molecule has 0 bridgehead atoms. The summed E-state index contributed by atoms with van der Waals surface area (Å²) in [6.07, 6.45) is -4.31. The molecule has 5 nitrogen and oxygen atoms in total. The van der Waals surface area contributed by atoms with Crippen LogP contribution >= 0.6 is 0 Å². The first-order chi connectivity index (χ1) is 7.83. The van der Waals surface area contributed by atoms with Crippen molar-refractivity contribution in [1.29, 1.82) is 0 Å². The zero-order chi connectivity index (χ0) is 13.1. The average Bonchev–Trinajstić information content (AvgIpc) is 2.25. The lowest BCUT2D eigenvalue weighted by molar-refractivity contribution is -0.156. The van der Waals surface area contributed by atoms with Crippen LogP contribution in [0.2, 0.25) is 0 Å². The highest BCUT2D eigenvalue weighted by atomic mass is 19.4. The molecule has 1 aliphatic heterocycles. The molecule has 0 saturated heterocycles. The van der Waals surface area contributed by atoms with Crippen molar-refractivity contribution < 1.29 is 22.8 Å². The molecule has 0 fully saturated rings. The number of nitrogens with one attached hydrogen (secondary N) is 1. The molecule has 0 atom stereocenters. The second kappa shape index (κ2) is 5.15. The molecular weight excluding hydrogens is 239 g/mol. The van der Waals surface area contributed by atoms with Crippen molar-refractivity contribution in [2.75, 3.05) is 13.1 Å². The van der Waals surface area contributed by atoms with Crippen molar-refractivity contribution in [3.8, 4) is 0 Å². The molecule has 1 rings (SSSR count). The number of hydrogen-bond acceptors (Lipinski definition) is 3. The first-order valence-corrected chi connectivity index (χ1v) is 5.05. The molecule has 0 aromatic carbocycles. The van der Waals surface area contributed by atoms with Crippen molar-refractivity contribution in [2.45, 2.75) is 25.9 Å². The summed E-state index contributed by atoms with van der Waals surface area (Å²) < 4.78 is 36.5. The van der Waals surface area contributed by atoms with Crippen LogP contribution in [0.3, 0.4) is 0 Å². The third-order valence-electron chi connectivity index (χ3n) is 2.19. The summed E-state index contributed by atoms with van der Waals surface area (Å²) in [7, 11) is 0. The lowest BCUT2D eigenvalue weighted by Crippen LogP contribution is -2.44. The maximum Gasteiger partial charge on any atom is 0.406 e. The van der Waals surface area contributed by atoms with E-state index < -0.39 is 18.6 Å². The van der Waals surface area contributed by atoms with E-state index in [0.29, 0.717) is 4.90 Å². The zero-order valence-corrected chi connectivity index (χ0v) is 9.17. The van der Waals surface area contributed by atoms with Crippen molar-refractivity contribution in [3.63, 3.8) is 0 Å². The number of rotatable bonds is 3. The molecule has 0 spiro atoms. The fourth-order valence-electron chi connectivity index (χ4n) is 1.35. The molecule has 0 radical (unpaired) electrons. The molecule has 1 aliphatic rings. The van der Waals surface area contributed by atoms with Gasteiger partial charge in [0.1, 0.15) is 12.3 Å². The van der Waals surface area contributed by atoms with Gasteiger partial charge in [-0.3, -0.25) is 9.59 Å². The third-order valence-corrected chi connectivity index (χ3v) is 2.19. The first-order valence-electron chi connectivity index (χ1n) is 5.05. The molecule has 2 amide bonds. The predicted octanol–water partition coefficient (Wildman–Crippen LogP) is 0.663. The van der Waals surface area contributed by atoms with Crippen molar-refractivity contribution >= 4 is 17.5 Å². The van der Waals surface area contributed by atoms with Crippen LogP contribution in [-0.2, 0) is 9.59 Å². The number of carbonyl (C=O) groups is 2. The van der Waals surface area contributed by atoms with Gasteiger partial charge < -0.3 is 4.90 Å². The number of carbonyl (C=O) groups excluding carboxylic acids is 2. The van der Waals surface area contributed by atoms with Gasteiger partial charge in [-0.2, -0.15) is 18.3 Å². The first kappa shape index (κ1) is 13.5. The Labute approximate surface area is 95.6 Å². The molecule has 1 N–H and O–H groups in total. The Bertz CT molecular complexity index is 352. The summed E-state index contributed by atoms with van der Waals surface area (Å²) in [6.45, 7) is 0.0756. The number of amides is 2. The molecule has 0 aromatic heterocycles. The summed E-state index contributed by atoms with van der Waals surface area (Å²) in [6, 6.07) is 0. The van der Waals surface area contributed by atoms with E-state index in [1.54, 1.807) is 0 Å². The Kier molecular flexibility index (Phi) is 4.08. The largest absolute Gasteiger partial charge is 0.406 e. The number of nitrogens with zero attached hydrogens (tertiary/aromatic N) is 2. The van der Waals surface area contributed by atoms with Gasteiger partial charge >= 0.3 is 6.18 Å². The van der Waals surface area contributed by atoms with E-state index in [1.807, 2.05) is 0 Å². The van der Waals surface area contributed by atoms with Crippen molar-refractivity contribution in [2.24, 2.45) is 5.10 Å². The summed E-state index contributed by atoms with van der Waals surface area (Å²) in [5, 5.41) is 3.47. The van der Waals surface area contributed by atoms with Gasteiger partial charge in [0.2, 0.25) is 5.91 Å². The molecule has 0 aromatic rings. The zero-order valence-electron chi connectivity index (χ0n) is 9.17. The van der Waals surface area contributed by atoms with Crippen LogP contribution in [0.4, 0.5) is 13.2 Å². The van der Waals surface area contributed by atoms with Gasteiger partial charge in [0.05, 0.1) is 0 Å². The summed E-state index contributed by atoms with van der Waals surface area (Å²) in [5.41, 5.74) is 2.03. The van der Waals surface area contributed by atoms with Crippen LogP contribution in [0.1, 0.15) is 19.8 Å². The van der Waals surface area contributed by atoms with Crippen LogP contribution < -0.4 is 5.43 Å². The molecule has 0 aliphatic carbocycles. The van der Waals surface area contributed by atoms with Gasteiger partial charge in [-0.05, 0) is 6.92 Å². The fraction of sp³-hybridized carbons (Fsp3) is 0.667. The second-order valence-corrected chi connectivity index (χ2v) is 3.53. The lowest BCUT2D eigenvalue weighted by Gasteiger charge is -2.23. The van der Waals surface area contributed by atoms with E-state index in [4.69, 9.17) is 0 Å². The Morgan fingerprint density at radius 1 is 1.47 bits per heavy atom. The highest BCUT2D eigenvalue weighted by molar-refractivity contribution is 6.39. The minimum atomic E-state index is -4.44. The van der Waals surface area contributed by atoms with Gasteiger partial charge in [-0.25, -0.2) is 5.43 Å². The third kappa shape index (κ3) is 4.04. The van der Waals surface area contributed by atoms with Gasteiger partial charge in [0, 0.05) is 19.4 Å². The Balaban J connectivity index is 2.70. The van der Waals surface area contributed by atoms with Crippen LogP contribution in [0.5, 0.6) is 0 Å². The van der Waals surface area contributed by atoms with E-state index in [9.17, 15) is 22.8 Å². The number of alkyl halides is 3. The Morgan fingerprint density at radius 3 is 2.53 bits per heavy atom. The van der Waals surface area contributed by atoms with E-state index in [0.717, 1.165) is 0 Å². The summed E-state index contributed by atoms with van der Waals surface area (Å²) in [5.74, 6) is -1.13. The molecule has 0 saturated carbocycles. The SMILES string of the molecule is CCN(CC(F)(F)F)C(=O)C1=NNC(=O)CC1. The van der Waals surface area contributed by atoms with Gasteiger partial charge in [0.25, 0.3) is 5.91 Å². The number of hydrazone groups is 1. The van der Waals surface area contributed by atoms with Crippen molar-refractivity contribution in [3.05, 3.63) is 0 Å². The summed E-state index contributed by atoms with van der Waals surface area (Å²) in [4.78, 5) is 23.1. The maximum absolute atomic E-state index is 12.2. The van der Waals surface area contributed by atoms with Gasteiger partial charge in [-0.1, -0.05) is 0 Å². The maximum atomic E-state index is 12.2. The normalized spacial score (nSPS) is 16.2. The predicted molar refractivity (Wildman–Crippen MR) is 53.1 cm³/mol. The number of halogens is 3. The van der Waals surface area contributed by atoms with Gasteiger partial charge in [0.15, 0.2) is 0 Å².